The zero-order valence-electron chi connectivity index (χ0n) is 8.96. The first-order valence-corrected chi connectivity index (χ1v) is 4.96. The van der Waals surface area contributed by atoms with Crippen LogP contribution in [0.1, 0.15) is 32.8 Å². The molecule has 1 aromatic carbocycles. The molecule has 0 saturated heterocycles. The molecule has 74 valence electrons. The van der Waals surface area contributed by atoms with E-state index < -0.39 is 0 Å². The maximum absolute atomic E-state index is 5.11. The lowest BCUT2D eigenvalue weighted by Crippen LogP contribution is -2.06. The molecule has 0 aliphatic heterocycles. The normalized spacial score (nSPS) is 9.31. The van der Waals surface area contributed by atoms with Gasteiger partial charge in [-0.3, -0.25) is 0 Å². The average molecular weight is 179 g/mol. The van der Waals surface area contributed by atoms with Crippen LogP contribution in [0.15, 0.2) is 30.3 Å². The molecule has 0 aliphatic carbocycles. The minimum atomic E-state index is 0.333. The molecule has 0 radical (unpaired) electrons. The molecule has 2 N–H and O–H groups in total. The van der Waals surface area contributed by atoms with Crippen LogP contribution in [0, 0.1) is 0 Å². The Morgan fingerprint density at radius 1 is 1.15 bits per heavy atom. The molecule has 0 spiro atoms. The van der Waals surface area contributed by atoms with E-state index in [2.05, 4.69) is 37.3 Å². The van der Waals surface area contributed by atoms with Gasteiger partial charge in [-0.2, -0.15) is 0 Å². The van der Waals surface area contributed by atoms with Crippen molar-refractivity contribution in [2.75, 3.05) is 0 Å². The van der Waals surface area contributed by atoms with Gasteiger partial charge in [0.25, 0.3) is 0 Å². The molecule has 1 nitrogen and oxygen atoms in total. The van der Waals surface area contributed by atoms with Gasteiger partial charge in [0.1, 0.15) is 0 Å². The lowest BCUT2D eigenvalue weighted by atomic mass is 10.1. The van der Waals surface area contributed by atoms with Gasteiger partial charge in [-0.25, -0.2) is 0 Å². The summed E-state index contributed by atoms with van der Waals surface area (Å²) in [5.74, 6) is 0. The summed E-state index contributed by atoms with van der Waals surface area (Å²) in [4.78, 5) is 0. The summed E-state index contributed by atoms with van der Waals surface area (Å²) >= 11 is 0. The predicted octanol–water partition coefficient (Wildman–Crippen LogP) is 2.99. The maximum atomic E-state index is 5.11. The van der Waals surface area contributed by atoms with Crippen LogP contribution in [0.5, 0.6) is 0 Å². The predicted molar refractivity (Wildman–Crippen MR) is 59.8 cm³/mol. The molecule has 0 saturated carbocycles. The third-order valence-corrected chi connectivity index (χ3v) is 1.38. The average Bonchev–Trinajstić information content (AvgIpc) is 2.06. The van der Waals surface area contributed by atoms with Crippen LogP contribution in [0.2, 0.25) is 0 Å². The molecule has 0 heterocycles. The third-order valence-electron chi connectivity index (χ3n) is 1.38. The minimum Gasteiger partial charge on any atom is -0.328 e. The summed E-state index contributed by atoms with van der Waals surface area (Å²) in [6.45, 7) is 6.09. The van der Waals surface area contributed by atoms with Crippen molar-refractivity contribution >= 4 is 0 Å². The van der Waals surface area contributed by atoms with Crippen molar-refractivity contribution in [1.82, 2.24) is 0 Å². The van der Waals surface area contributed by atoms with Gasteiger partial charge in [0, 0.05) is 0 Å². The van der Waals surface area contributed by atoms with Crippen molar-refractivity contribution < 1.29 is 0 Å². The van der Waals surface area contributed by atoms with Crippen molar-refractivity contribution in [3.63, 3.8) is 0 Å². The second-order valence-electron chi connectivity index (χ2n) is 3.48. The van der Waals surface area contributed by atoms with Crippen LogP contribution in [0.3, 0.4) is 0 Å². The highest BCUT2D eigenvalue weighted by molar-refractivity contribution is 5.14. The van der Waals surface area contributed by atoms with E-state index in [1.165, 1.54) is 18.4 Å². The Kier molecular flexibility index (Phi) is 7.32. The van der Waals surface area contributed by atoms with E-state index in [-0.39, 0.29) is 0 Å². The van der Waals surface area contributed by atoms with Crippen LogP contribution in [-0.4, -0.2) is 6.04 Å². The number of benzene rings is 1. The second kappa shape index (κ2) is 7.81. The smallest absolute Gasteiger partial charge is 0.00179 e. The van der Waals surface area contributed by atoms with E-state index in [0.29, 0.717) is 6.04 Å². The molecule has 0 bridgehead atoms. The summed E-state index contributed by atoms with van der Waals surface area (Å²) in [6, 6.07) is 10.9. The molecule has 0 aliphatic rings. The fourth-order valence-corrected chi connectivity index (χ4v) is 0.933. The van der Waals surface area contributed by atoms with Gasteiger partial charge in [0.15, 0.2) is 0 Å². The number of hydrogen-bond acceptors (Lipinski definition) is 1. The molecule has 0 fully saturated rings. The molecule has 1 rings (SSSR count). The fourth-order valence-electron chi connectivity index (χ4n) is 0.933. The summed E-state index contributed by atoms with van der Waals surface area (Å²) in [6.07, 6.45) is 2.45. The van der Waals surface area contributed by atoms with Crippen LogP contribution >= 0.6 is 0 Å². The van der Waals surface area contributed by atoms with Gasteiger partial charge in [-0.15, -0.1) is 0 Å². The number of nitrogens with two attached hydrogens (primary N) is 1. The van der Waals surface area contributed by atoms with Crippen molar-refractivity contribution in [2.45, 2.75) is 39.7 Å². The van der Waals surface area contributed by atoms with E-state index in [9.17, 15) is 0 Å². The van der Waals surface area contributed by atoms with Gasteiger partial charge in [0.05, 0.1) is 0 Å². The van der Waals surface area contributed by atoms with Crippen LogP contribution in [-0.2, 0) is 6.42 Å². The van der Waals surface area contributed by atoms with Crippen molar-refractivity contribution in [1.29, 1.82) is 0 Å². The highest BCUT2D eigenvalue weighted by Gasteiger charge is 1.84. The van der Waals surface area contributed by atoms with Gasteiger partial charge in [-0.1, -0.05) is 57.5 Å². The fraction of sp³-hybridized carbons (Fsp3) is 0.500. The Morgan fingerprint density at radius 2 is 1.62 bits per heavy atom. The lowest BCUT2D eigenvalue weighted by Gasteiger charge is -1.93. The van der Waals surface area contributed by atoms with Gasteiger partial charge in [0.2, 0.25) is 0 Å². The summed E-state index contributed by atoms with van der Waals surface area (Å²) < 4.78 is 0. The minimum absolute atomic E-state index is 0.333. The first-order chi connectivity index (χ1) is 6.16. The Labute approximate surface area is 82.0 Å². The quantitative estimate of drug-likeness (QED) is 0.742. The molecule has 1 heteroatoms. The molecule has 0 aromatic heterocycles. The van der Waals surface area contributed by atoms with E-state index >= 15 is 0 Å². The first-order valence-electron chi connectivity index (χ1n) is 4.96. The van der Waals surface area contributed by atoms with Crippen LogP contribution in [0.4, 0.5) is 0 Å². The number of hydrogen-bond donors (Lipinski definition) is 1. The van der Waals surface area contributed by atoms with E-state index in [0.717, 1.165) is 0 Å². The summed E-state index contributed by atoms with van der Waals surface area (Å²) in [5, 5.41) is 0. The second-order valence-corrected chi connectivity index (χ2v) is 3.48. The van der Waals surface area contributed by atoms with Crippen LogP contribution < -0.4 is 5.73 Å². The standard InChI is InChI=1S/C9H12.C3H9N/c1-2-6-9-7-4-3-5-8-9;1-3(2)4/h3-5,7-8H,2,6H2,1H3;3H,4H2,1-2H3. The Morgan fingerprint density at radius 3 is 2.00 bits per heavy atom. The highest BCUT2D eigenvalue weighted by Crippen LogP contribution is 2.00. The summed E-state index contributed by atoms with van der Waals surface area (Å²) in [7, 11) is 0. The van der Waals surface area contributed by atoms with E-state index in [4.69, 9.17) is 5.73 Å². The molecular formula is C12H21N. The number of aryl methyl sites for hydroxylation is 1. The monoisotopic (exact) mass is 179 g/mol. The SMILES string of the molecule is CC(C)N.CCCc1ccccc1. The third kappa shape index (κ3) is 9.09. The van der Waals surface area contributed by atoms with Crippen molar-refractivity contribution in [3.05, 3.63) is 35.9 Å². The molecule has 1 aromatic rings. The van der Waals surface area contributed by atoms with Gasteiger partial charge >= 0.3 is 0 Å². The zero-order chi connectivity index (χ0) is 10.1. The van der Waals surface area contributed by atoms with Crippen molar-refractivity contribution in [2.24, 2.45) is 5.73 Å². The molecule has 0 atom stereocenters. The Bertz CT molecular complexity index is 189. The highest BCUT2D eigenvalue weighted by atomic mass is 14.6. The molecule has 0 unspecified atom stereocenters. The van der Waals surface area contributed by atoms with Gasteiger partial charge < -0.3 is 5.73 Å². The zero-order valence-corrected chi connectivity index (χ0v) is 8.96. The molecule has 13 heavy (non-hydrogen) atoms. The van der Waals surface area contributed by atoms with E-state index in [1.807, 2.05) is 13.8 Å². The Balaban J connectivity index is 0.000000310. The summed E-state index contributed by atoms with van der Waals surface area (Å²) in [5.41, 5.74) is 6.56. The Hall–Kier alpha value is -0.820. The van der Waals surface area contributed by atoms with Gasteiger partial charge in [-0.05, 0) is 18.0 Å². The van der Waals surface area contributed by atoms with Crippen LogP contribution in [0.25, 0.3) is 0 Å². The largest absolute Gasteiger partial charge is 0.328 e. The first kappa shape index (κ1) is 12.2. The molecular weight excluding hydrogens is 158 g/mol. The number of rotatable bonds is 2. The maximum Gasteiger partial charge on any atom is -0.00179 e. The van der Waals surface area contributed by atoms with Crippen molar-refractivity contribution in [3.8, 4) is 0 Å². The lowest BCUT2D eigenvalue weighted by molar-refractivity contribution is 0.834. The topological polar surface area (TPSA) is 26.0 Å². The van der Waals surface area contributed by atoms with E-state index in [1.54, 1.807) is 0 Å². The molecule has 0 amide bonds.